The summed E-state index contributed by atoms with van der Waals surface area (Å²) in [5.41, 5.74) is 0. The van der Waals surface area contributed by atoms with Gasteiger partial charge in [-0.1, -0.05) is 96.5 Å². The van der Waals surface area contributed by atoms with Crippen LogP contribution in [0.1, 0.15) is 148 Å². The number of aromatic nitrogens is 1. The minimum Gasteiger partial charge on any atom is -0.480 e. The maximum Gasteiger partial charge on any atom is 0.326 e. The zero-order valence-electron chi connectivity index (χ0n) is 26.1. The molecule has 0 aliphatic carbocycles. The molecule has 234 valence electrons. The van der Waals surface area contributed by atoms with Gasteiger partial charge in [0.05, 0.1) is 0 Å². The van der Waals surface area contributed by atoms with Gasteiger partial charge in [-0.05, 0) is 38.5 Å². The highest BCUT2D eigenvalue weighted by Gasteiger charge is 2.19. The molecule has 0 aliphatic heterocycles. The molecule has 41 heavy (non-hydrogen) atoms. The van der Waals surface area contributed by atoms with Crippen molar-refractivity contribution in [2.75, 3.05) is 6.54 Å². The maximum atomic E-state index is 12.3. The van der Waals surface area contributed by atoms with Crippen LogP contribution < -0.4 is 15.2 Å². The fourth-order valence-corrected chi connectivity index (χ4v) is 5.13. The highest BCUT2D eigenvalue weighted by molar-refractivity contribution is 5.83. The first-order chi connectivity index (χ1) is 20.0. The molecule has 0 saturated heterocycles. The van der Waals surface area contributed by atoms with Crippen LogP contribution in [-0.2, 0) is 20.9 Å². The monoisotopic (exact) mass is 574 g/mol. The second kappa shape index (κ2) is 26.5. The van der Waals surface area contributed by atoms with Gasteiger partial charge in [0.2, 0.25) is 11.8 Å². The van der Waals surface area contributed by atoms with E-state index in [1.807, 2.05) is 6.07 Å². The summed E-state index contributed by atoms with van der Waals surface area (Å²) in [6, 6.07) is 5.31. The lowest BCUT2D eigenvalue weighted by molar-refractivity contribution is -0.697. The molecule has 1 atom stereocenters. The Hall–Kier alpha value is -2.44. The number of hydrogen-bond donors (Lipinski definition) is 3. The summed E-state index contributed by atoms with van der Waals surface area (Å²) in [6.45, 7) is 3.86. The molecular weight excluding hydrogens is 514 g/mol. The van der Waals surface area contributed by atoms with E-state index in [0.717, 1.165) is 38.6 Å². The lowest BCUT2D eigenvalue weighted by Crippen LogP contribution is -2.40. The van der Waals surface area contributed by atoms with Crippen LogP contribution in [0, 0.1) is 0 Å². The molecular formula is C34H60N3O4+. The smallest absolute Gasteiger partial charge is 0.326 e. The van der Waals surface area contributed by atoms with Crippen molar-refractivity contribution >= 4 is 17.8 Å². The number of aliphatic carboxylic acids is 1. The Bertz CT molecular complexity index is 787. The van der Waals surface area contributed by atoms with Crippen LogP contribution in [0.4, 0.5) is 0 Å². The number of hydrogen-bond acceptors (Lipinski definition) is 3. The second-order valence-corrected chi connectivity index (χ2v) is 11.6. The van der Waals surface area contributed by atoms with E-state index in [4.69, 9.17) is 0 Å². The minimum atomic E-state index is -0.988. The van der Waals surface area contributed by atoms with Gasteiger partial charge in [-0.3, -0.25) is 9.59 Å². The van der Waals surface area contributed by atoms with Gasteiger partial charge < -0.3 is 15.7 Å². The van der Waals surface area contributed by atoms with E-state index < -0.39 is 12.0 Å². The van der Waals surface area contributed by atoms with Gasteiger partial charge in [0.15, 0.2) is 12.4 Å². The highest BCUT2D eigenvalue weighted by Crippen LogP contribution is 2.12. The average molecular weight is 575 g/mol. The van der Waals surface area contributed by atoms with Crippen molar-refractivity contribution in [2.45, 2.75) is 161 Å². The molecule has 0 radical (unpaired) electrons. The normalized spacial score (nSPS) is 11.7. The summed E-state index contributed by atoms with van der Waals surface area (Å²) in [6.07, 6.45) is 27.1. The van der Waals surface area contributed by atoms with Crippen LogP contribution in [0.2, 0.25) is 0 Å². The summed E-state index contributed by atoms with van der Waals surface area (Å²) in [5, 5.41) is 15.1. The molecule has 7 heteroatoms. The first-order valence-electron chi connectivity index (χ1n) is 16.8. The summed E-state index contributed by atoms with van der Waals surface area (Å²) in [4.78, 5) is 35.8. The largest absolute Gasteiger partial charge is 0.480 e. The van der Waals surface area contributed by atoms with E-state index in [2.05, 4.69) is 46.7 Å². The first kappa shape index (κ1) is 36.6. The first-order valence-corrected chi connectivity index (χ1v) is 16.8. The van der Waals surface area contributed by atoms with Gasteiger partial charge in [0.25, 0.3) is 0 Å². The number of unbranched alkanes of at least 4 members (excludes halogenated alkanes) is 16. The molecule has 0 aliphatic rings. The topological polar surface area (TPSA) is 99.4 Å². The zero-order chi connectivity index (χ0) is 29.8. The Labute approximate surface area is 250 Å². The molecule has 1 rings (SSSR count). The van der Waals surface area contributed by atoms with Crippen LogP contribution in [0.15, 0.2) is 30.6 Å². The molecule has 3 N–H and O–H groups in total. The predicted molar refractivity (Wildman–Crippen MR) is 166 cm³/mol. The SMILES string of the molecule is CCCCCCCCCCCC(=O)NCCCC[C@H](NC(=O)CCCCCCCCCC[n+]1ccccc1)C(=O)O. The van der Waals surface area contributed by atoms with Gasteiger partial charge in [-0.2, -0.15) is 0 Å². The molecule has 0 bridgehead atoms. The van der Waals surface area contributed by atoms with Crippen molar-refractivity contribution < 1.29 is 24.1 Å². The quantitative estimate of drug-likeness (QED) is 0.0724. The van der Waals surface area contributed by atoms with E-state index in [0.29, 0.717) is 38.6 Å². The molecule has 1 heterocycles. The van der Waals surface area contributed by atoms with Gasteiger partial charge in [0, 0.05) is 37.9 Å². The van der Waals surface area contributed by atoms with Gasteiger partial charge in [-0.15, -0.1) is 0 Å². The number of nitrogens with zero attached hydrogens (tertiary/aromatic N) is 1. The van der Waals surface area contributed by atoms with Crippen LogP contribution in [-0.4, -0.2) is 35.5 Å². The number of carboxylic acid groups (broad SMARTS) is 1. The predicted octanol–water partition coefficient (Wildman–Crippen LogP) is 7.26. The van der Waals surface area contributed by atoms with E-state index in [1.54, 1.807) is 0 Å². The molecule has 0 fully saturated rings. The van der Waals surface area contributed by atoms with Crippen LogP contribution >= 0.6 is 0 Å². The molecule has 2 amide bonds. The van der Waals surface area contributed by atoms with Crippen molar-refractivity contribution in [1.29, 1.82) is 0 Å². The lowest BCUT2D eigenvalue weighted by atomic mass is 10.1. The third-order valence-corrected chi connectivity index (χ3v) is 7.73. The number of carbonyl (C=O) groups is 3. The number of amides is 2. The number of carboxylic acids is 1. The molecule has 0 aromatic carbocycles. The summed E-state index contributed by atoms with van der Waals surface area (Å²) >= 11 is 0. The Kier molecular flexibility index (Phi) is 23.6. The summed E-state index contributed by atoms with van der Waals surface area (Å²) in [5.74, 6) is -1.08. The van der Waals surface area contributed by atoms with E-state index in [-0.39, 0.29) is 11.8 Å². The van der Waals surface area contributed by atoms with Crippen molar-refractivity contribution in [3.8, 4) is 0 Å². The zero-order valence-corrected chi connectivity index (χ0v) is 26.1. The maximum absolute atomic E-state index is 12.3. The molecule has 0 unspecified atom stereocenters. The molecule has 1 aromatic heterocycles. The van der Waals surface area contributed by atoms with Crippen molar-refractivity contribution in [3.63, 3.8) is 0 Å². The van der Waals surface area contributed by atoms with Crippen LogP contribution in [0.25, 0.3) is 0 Å². The third kappa shape index (κ3) is 22.9. The van der Waals surface area contributed by atoms with E-state index in [9.17, 15) is 19.5 Å². The fraction of sp³-hybridized carbons (Fsp3) is 0.765. The van der Waals surface area contributed by atoms with Crippen molar-refractivity contribution in [3.05, 3.63) is 30.6 Å². The molecule has 7 nitrogen and oxygen atoms in total. The standard InChI is InChI=1S/C34H59N3O4/c1-2-3-4-5-6-7-10-13-17-25-32(38)35-27-20-19-24-31(34(40)41)36-33(39)26-18-14-11-8-9-12-15-21-28-37-29-22-16-23-30-37/h16,22-23,29-31H,2-15,17-21,24-28H2,1H3,(H2-,35,36,38,39,40,41)/p+1/t31-/m0/s1. The van der Waals surface area contributed by atoms with Gasteiger partial charge in [-0.25, -0.2) is 9.36 Å². The second-order valence-electron chi connectivity index (χ2n) is 11.6. The molecule has 0 saturated carbocycles. The number of nitrogens with one attached hydrogen (secondary N) is 2. The van der Waals surface area contributed by atoms with Gasteiger partial charge in [0.1, 0.15) is 12.6 Å². The van der Waals surface area contributed by atoms with Crippen LogP contribution in [0.3, 0.4) is 0 Å². The lowest BCUT2D eigenvalue weighted by Gasteiger charge is -2.14. The van der Waals surface area contributed by atoms with Crippen molar-refractivity contribution in [1.82, 2.24) is 10.6 Å². The minimum absolute atomic E-state index is 0.0817. The molecule has 1 aromatic rings. The fourth-order valence-electron chi connectivity index (χ4n) is 5.13. The molecule has 0 spiro atoms. The van der Waals surface area contributed by atoms with Crippen molar-refractivity contribution in [2.24, 2.45) is 0 Å². The Morgan fingerprint density at radius 2 is 1.15 bits per heavy atom. The number of rotatable bonds is 28. The van der Waals surface area contributed by atoms with E-state index in [1.165, 1.54) is 77.0 Å². The number of pyridine rings is 1. The third-order valence-electron chi connectivity index (χ3n) is 7.73. The highest BCUT2D eigenvalue weighted by atomic mass is 16.4. The number of aryl methyl sites for hydroxylation is 1. The number of carbonyl (C=O) groups excluding carboxylic acids is 2. The van der Waals surface area contributed by atoms with E-state index >= 15 is 0 Å². The Morgan fingerprint density at radius 3 is 1.71 bits per heavy atom. The Balaban J connectivity index is 1.95. The van der Waals surface area contributed by atoms with Gasteiger partial charge >= 0.3 is 5.97 Å². The van der Waals surface area contributed by atoms with Crippen LogP contribution in [0.5, 0.6) is 0 Å². The summed E-state index contributed by atoms with van der Waals surface area (Å²) in [7, 11) is 0. The Morgan fingerprint density at radius 1 is 0.634 bits per heavy atom. The summed E-state index contributed by atoms with van der Waals surface area (Å²) < 4.78 is 2.22. The average Bonchev–Trinajstić information content (AvgIpc) is 2.97.